The molecule has 1 saturated carbocycles. The van der Waals surface area contributed by atoms with Gasteiger partial charge in [0.25, 0.3) is 0 Å². The molecule has 2 N–H and O–H groups in total. The number of aliphatic carboxylic acids is 1. The molecule has 154 valence electrons. The maximum absolute atomic E-state index is 11.5. The Bertz CT molecular complexity index is 1230. The van der Waals surface area contributed by atoms with E-state index in [0.717, 1.165) is 39.3 Å². The first-order valence-electron chi connectivity index (χ1n) is 10.1. The zero-order valence-corrected chi connectivity index (χ0v) is 17.0. The van der Waals surface area contributed by atoms with Crippen molar-refractivity contribution < 1.29 is 14.4 Å². The van der Waals surface area contributed by atoms with Crippen LogP contribution in [0.3, 0.4) is 0 Å². The van der Waals surface area contributed by atoms with Crippen LogP contribution < -0.4 is 5.32 Å². The average molecular weight is 411 g/mol. The number of rotatable bonds is 6. The van der Waals surface area contributed by atoms with Crippen LogP contribution in [-0.2, 0) is 10.2 Å². The molecule has 0 aliphatic heterocycles. The smallest absolute Gasteiger partial charge is 0.314 e. The number of pyridine rings is 1. The van der Waals surface area contributed by atoms with Crippen molar-refractivity contribution >= 4 is 17.3 Å². The standard InChI is InChI=1S/C25H21N3O3/c1-16-22(27-21-3-2-14-26-15-21)23(31-28-16)19-6-4-17(5-7-19)18-8-10-20(11-9-18)25(12-13-25)24(29)30/h2-11,14-15,27H,12-13H2,1H3,(H,29,30). The zero-order chi connectivity index (χ0) is 21.4. The predicted octanol–water partition coefficient (Wildman–Crippen LogP) is 5.57. The molecular weight excluding hydrogens is 390 g/mol. The van der Waals surface area contributed by atoms with Crippen LogP contribution in [0, 0.1) is 6.92 Å². The van der Waals surface area contributed by atoms with Crippen LogP contribution in [0.5, 0.6) is 0 Å². The molecule has 6 nitrogen and oxygen atoms in total. The van der Waals surface area contributed by atoms with Crippen LogP contribution in [-0.4, -0.2) is 21.2 Å². The first-order valence-corrected chi connectivity index (χ1v) is 10.1. The zero-order valence-electron chi connectivity index (χ0n) is 17.0. The van der Waals surface area contributed by atoms with Crippen molar-refractivity contribution in [2.24, 2.45) is 0 Å². The highest BCUT2D eigenvalue weighted by atomic mass is 16.5. The Morgan fingerprint density at radius 1 is 1.00 bits per heavy atom. The molecular formula is C25H21N3O3. The molecule has 1 aliphatic carbocycles. The Hall–Kier alpha value is -3.93. The van der Waals surface area contributed by atoms with Crippen molar-refractivity contribution in [1.29, 1.82) is 0 Å². The van der Waals surface area contributed by atoms with Gasteiger partial charge >= 0.3 is 5.97 Å². The van der Waals surface area contributed by atoms with Crippen LogP contribution in [0.15, 0.2) is 77.6 Å². The molecule has 2 aromatic carbocycles. The first kappa shape index (κ1) is 19.1. The number of aryl methyl sites for hydroxylation is 1. The van der Waals surface area contributed by atoms with Gasteiger partial charge in [-0.3, -0.25) is 9.78 Å². The Kier molecular flexibility index (Phi) is 4.55. The van der Waals surface area contributed by atoms with Gasteiger partial charge in [0.15, 0.2) is 5.76 Å². The maximum atomic E-state index is 11.5. The minimum atomic E-state index is -0.734. The van der Waals surface area contributed by atoms with Gasteiger partial charge in [0.2, 0.25) is 0 Å². The van der Waals surface area contributed by atoms with Crippen LogP contribution in [0.2, 0.25) is 0 Å². The normalized spacial score (nSPS) is 14.2. The SMILES string of the molecule is Cc1noc(-c2ccc(-c3ccc(C4(C(=O)O)CC4)cc3)cc2)c1Nc1cccnc1. The van der Waals surface area contributed by atoms with Gasteiger partial charge in [-0.15, -0.1) is 0 Å². The number of hydrogen-bond donors (Lipinski definition) is 2. The Labute approximate surface area is 179 Å². The highest BCUT2D eigenvalue weighted by Crippen LogP contribution is 2.48. The van der Waals surface area contributed by atoms with Crippen LogP contribution in [0.25, 0.3) is 22.5 Å². The molecule has 1 fully saturated rings. The van der Waals surface area contributed by atoms with Gasteiger partial charge in [0.05, 0.1) is 17.3 Å². The summed E-state index contributed by atoms with van der Waals surface area (Å²) in [6.07, 6.45) is 4.90. The minimum absolute atomic E-state index is 0.667. The third-order valence-corrected chi connectivity index (χ3v) is 5.87. The number of carboxylic acid groups (broad SMARTS) is 1. The summed E-state index contributed by atoms with van der Waals surface area (Å²) in [5.41, 5.74) is 5.65. The predicted molar refractivity (Wildman–Crippen MR) is 118 cm³/mol. The second-order valence-electron chi connectivity index (χ2n) is 7.88. The van der Waals surface area contributed by atoms with E-state index in [1.165, 1.54) is 0 Å². The number of carboxylic acids is 1. The molecule has 0 radical (unpaired) electrons. The van der Waals surface area contributed by atoms with Crippen LogP contribution >= 0.6 is 0 Å². The third-order valence-electron chi connectivity index (χ3n) is 5.87. The average Bonchev–Trinajstić information content (AvgIpc) is 3.55. The minimum Gasteiger partial charge on any atom is -0.481 e. The molecule has 1 aliphatic rings. The largest absolute Gasteiger partial charge is 0.481 e. The van der Waals surface area contributed by atoms with E-state index in [0.29, 0.717) is 18.6 Å². The number of nitrogens with zero attached hydrogens (tertiary/aromatic N) is 2. The van der Waals surface area contributed by atoms with E-state index in [-0.39, 0.29) is 0 Å². The summed E-state index contributed by atoms with van der Waals surface area (Å²) in [7, 11) is 0. The lowest BCUT2D eigenvalue weighted by Gasteiger charge is -2.11. The van der Waals surface area contributed by atoms with E-state index in [1.807, 2.05) is 67.6 Å². The topological polar surface area (TPSA) is 88.2 Å². The van der Waals surface area contributed by atoms with E-state index >= 15 is 0 Å². The fourth-order valence-electron chi connectivity index (χ4n) is 3.84. The highest BCUT2D eigenvalue weighted by molar-refractivity contribution is 5.85. The monoisotopic (exact) mass is 411 g/mol. The number of nitrogens with one attached hydrogen (secondary N) is 1. The van der Waals surface area contributed by atoms with Crippen molar-refractivity contribution in [2.75, 3.05) is 5.32 Å². The van der Waals surface area contributed by atoms with Gasteiger partial charge in [-0.25, -0.2) is 0 Å². The fourth-order valence-corrected chi connectivity index (χ4v) is 3.84. The van der Waals surface area contributed by atoms with Gasteiger partial charge in [-0.2, -0.15) is 0 Å². The summed E-state index contributed by atoms with van der Waals surface area (Å²) >= 11 is 0. The Morgan fingerprint density at radius 2 is 1.65 bits per heavy atom. The second kappa shape index (κ2) is 7.40. The van der Waals surface area contributed by atoms with Gasteiger partial charge in [-0.05, 0) is 48.6 Å². The number of anilines is 2. The molecule has 2 heterocycles. The highest BCUT2D eigenvalue weighted by Gasteiger charge is 2.51. The van der Waals surface area contributed by atoms with Gasteiger partial charge in [0.1, 0.15) is 11.4 Å². The molecule has 4 aromatic rings. The van der Waals surface area contributed by atoms with E-state index in [4.69, 9.17) is 4.52 Å². The summed E-state index contributed by atoms with van der Waals surface area (Å²) in [4.78, 5) is 15.7. The second-order valence-corrected chi connectivity index (χ2v) is 7.88. The molecule has 0 bridgehead atoms. The first-order chi connectivity index (χ1) is 15.1. The lowest BCUT2D eigenvalue weighted by Crippen LogP contribution is -2.19. The third kappa shape index (κ3) is 3.46. The van der Waals surface area contributed by atoms with E-state index in [2.05, 4.69) is 15.5 Å². The van der Waals surface area contributed by atoms with Crippen molar-refractivity contribution in [1.82, 2.24) is 10.1 Å². The fraction of sp³-hybridized carbons (Fsp3) is 0.160. The summed E-state index contributed by atoms with van der Waals surface area (Å²) in [6.45, 7) is 1.89. The van der Waals surface area contributed by atoms with E-state index in [1.54, 1.807) is 12.4 Å². The molecule has 0 unspecified atom stereocenters. The van der Waals surface area contributed by atoms with Gasteiger partial charge < -0.3 is 14.9 Å². The molecule has 5 rings (SSSR count). The van der Waals surface area contributed by atoms with Crippen molar-refractivity contribution in [3.05, 3.63) is 84.3 Å². The Morgan fingerprint density at radius 3 is 2.23 bits per heavy atom. The van der Waals surface area contributed by atoms with Crippen molar-refractivity contribution in [3.8, 4) is 22.5 Å². The maximum Gasteiger partial charge on any atom is 0.314 e. The number of hydrogen-bond acceptors (Lipinski definition) is 5. The summed E-state index contributed by atoms with van der Waals surface area (Å²) in [6, 6.07) is 19.7. The van der Waals surface area contributed by atoms with Crippen molar-refractivity contribution in [2.45, 2.75) is 25.2 Å². The van der Waals surface area contributed by atoms with Crippen LogP contribution in [0.4, 0.5) is 11.4 Å². The molecule has 0 spiro atoms. The van der Waals surface area contributed by atoms with Gasteiger partial charge in [0, 0.05) is 11.8 Å². The molecule has 0 saturated heterocycles. The quantitative estimate of drug-likeness (QED) is 0.431. The van der Waals surface area contributed by atoms with E-state index in [9.17, 15) is 9.90 Å². The van der Waals surface area contributed by atoms with Gasteiger partial charge in [-0.1, -0.05) is 53.7 Å². The molecule has 0 amide bonds. The summed E-state index contributed by atoms with van der Waals surface area (Å²) in [5, 5.41) is 16.9. The number of benzene rings is 2. The lowest BCUT2D eigenvalue weighted by atomic mass is 9.93. The number of aromatic nitrogens is 2. The summed E-state index contributed by atoms with van der Waals surface area (Å²) in [5.74, 6) is -0.0666. The molecule has 31 heavy (non-hydrogen) atoms. The van der Waals surface area contributed by atoms with E-state index < -0.39 is 11.4 Å². The van der Waals surface area contributed by atoms with Crippen molar-refractivity contribution in [3.63, 3.8) is 0 Å². The summed E-state index contributed by atoms with van der Waals surface area (Å²) < 4.78 is 5.59. The Balaban J connectivity index is 1.39. The molecule has 6 heteroatoms. The number of carbonyl (C=O) groups is 1. The molecule has 0 atom stereocenters. The lowest BCUT2D eigenvalue weighted by molar-refractivity contribution is -0.140. The molecule has 2 aromatic heterocycles. The van der Waals surface area contributed by atoms with Crippen LogP contribution in [0.1, 0.15) is 24.1 Å².